The van der Waals surface area contributed by atoms with Gasteiger partial charge in [0.25, 0.3) is 5.91 Å². The molecule has 162 valence electrons. The Morgan fingerprint density at radius 3 is 2.66 bits per heavy atom. The standard InChI is InChI=1S/C23H17Cl2N3O2S2/c1-12-6-5-7-14(20(12)30-2)21(29)28-23(31)27-19-15(10-13(24)11-16(19)25)22-26-17-8-3-4-9-18(17)32-22/h3-11H,1-2H3,(H2,27,28,29,31). The fourth-order valence-electron chi connectivity index (χ4n) is 3.27. The Morgan fingerprint density at radius 2 is 1.91 bits per heavy atom. The first kappa shape index (κ1) is 22.5. The van der Waals surface area contributed by atoms with Crippen LogP contribution < -0.4 is 15.4 Å². The number of thiazole rings is 1. The molecule has 0 aliphatic rings. The highest BCUT2D eigenvalue weighted by atomic mass is 35.5. The number of aryl methyl sites for hydroxylation is 1. The van der Waals surface area contributed by atoms with Crippen molar-refractivity contribution in [3.8, 4) is 16.3 Å². The van der Waals surface area contributed by atoms with Gasteiger partial charge < -0.3 is 10.1 Å². The zero-order valence-electron chi connectivity index (χ0n) is 17.0. The second kappa shape index (κ2) is 9.42. The van der Waals surface area contributed by atoms with Crippen molar-refractivity contribution >= 4 is 73.7 Å². The number of para-hydroxylation sites is 2. The largest absolute Gasteiger partial charge is 0.496 e. The molecule has 0 fully saturated rings. The SMILES string of the molecule is COc1c(C)cccc1C(=O)NC(=S)Nc1c(Cl)cc(Cl)cc1-c1nc2ccccc2s1. The summed E-state index contributed by atoms with van der Waals surface area (Å²) in [6.45, 7) is 1.87. The van der Waals surface area contributed by atoms with E-state index < -0.39 is 5.91 Å². The molecule has 0 unspecified atom stereocenters. The molecule has 2 N–H and O–H groups in total. The van der Waals surface area contributed by atoms with Gasteiger partial charge in [0.05, 0.1) is 33.6 Å². The average molecular weight is 502 g/mol. The lowest BCUT2D eigenvalue weighted by atomic mass is 10.1. The maximum atomic E-state index is 12.8. The molecule has 32 heavy (non-hydrogen) atoms. The molecule has 0 atom stereocenters. The number of nitrogens with zero attached hydrogens (tertiary/aromatic N) is 1. The molecule has 9 heteroatoms. The molecule has 0 saturated heterocycles. The van der Waals surface area contributed by atoms with Crippen LogP contribution in [0.5, 0.6) is 5.75 Å². The van der Waals surface area contributed by atoms with Gasteiger partial charge >= 0.3 is 0 Å². The third-order valence-corrected chi connectivity index (χ3v) is 6.50. The van der Waals surface area contributed by atoms with E-state index >= 15 is 0 Å². The average Bonchev–Trinajstić information content (AvgIpc) is 3.19. The number of amides is 1. The Bertz CT molecular complexity index is 1320. The van der Waals surface area contributed by atoms with Gasteiger partial charge in [0.15, 0.2) is 5.11 Å². The number of carbonyl (C=O) groups excluding carboxylic acids is 1. The van der Waals surface area contributed by atoms with E-state index in [9.17, 15) is 4.79 Å². The fraction of sp³-hybridized carbons (Fsp3) is 0.0870. The minimum Gasteiger partial charge on any atom is -0.496 e. The summed E-state index contributed by atoms with van der Waals surface area (Å²) < 4.78 is 6.40. The first-order valence-electron chi connectivity index (χ1n) is 9.48. The monoisotopic (exact) mass is 501 g/mol. The Labute approximate surface area is 204 Å². The van der Waals surface area contributed by atoms with Crippen LogP contribution in [0, 0.1) is 6.92 Å². The molecule has 0 bridgehead atoms. The number of anilines is 1. The molecule has 1 amide bonds. The molecular weight excluding hydrogens is 485 g/mol. The van der Waals surface area contributed by atoms with Crippen molar-refractivity contribution in [2.75, 3.05) is 12.4 Å². The quantitative estimate of drug-likeness (QED) is 0.304. The Balaban J connectivity index is 1.64. The number of hydrogen-bond acceptors (Lipinski definition) is 5. The third-order valence-electron chi connectivity index (χ3n) is 4.71. The number of thiocarbonyl (C=S) groups is 1. The van der Waals surface area contributed by atoms with Crippen LogP contribution in [-0.4, -0.2) is 23.1 Å². The van der Waals surface area contributed by atoms with Crippen molar-refractivity contribution in [3.63, 3.8) is 0 Å². The number of aromatic nitrogens is 1. The van der Waals surface area contributed by atoms with Crippen LogP contribution in [0.25, 0.3) is 20.8 Å². The molecular formula is C23H17Cl2N3O2S2. The van der Waals surface area contributed by atoms with Gasteiger partial charge in [-0.1, -0.05) is 47.5 Å². The molecule has 0 aliphatic carbocycles. The first-order valence-corrected chi connectivity index (χ1v) is 11.5. The molecule has 0 spiro atoms. The number of methoxy groups -OCH3 is 1. The summed E-state index contributed by atoms with van der Waals surface area (Å²) in [5.74, 6) is 0.0992. The zero-order chi connectivity index (χ0) is 22.8. The molecule has 0 radical (unpaired) electrons. The van der Waals surface area contributed by atoms with E-state index in [0.29, 0.717) is 32.6 Å². The van der Waals surface area contributed by atoms with Crippen molar-refractivity contribution in [2.24, 2.45) is 0 Å². The smallest absolute Gasteiger partial charge is 0.261 e. The van der Waals surface area contributed by atoms with Crippen LogP contribution in [0.1, 0.15) is 15.9 Å². The van der Waals surface area contributed by atoms with Gasteiger partial charge in [0.1, 0.15) is 10.8 Å². The summed E-state index contributed by atoms with van der Waals surface area (Å²) in [4.78, 5) is 17.5. The third kappa shape index (κ3) is 4.56. The van der Waals surface area contributed by atoms with Crippen molar-refractivity contribution < 1.29 is 9.53 Å². The maximum absolute atomic E-state index is 12.8. The normalized spacial score (nSPS) is 10.8. The van der Waals surface area contributed by atoms with E-state index in [1.165, 1.54) is 18.4 Å². The van der Waals surface area contributed by atoms with Gasteiger partial charge in [-0.05, 0) is 55.0 Å². The topological polar surface area (TPSA) is 63.2 Å². The molecule has 0 saturated carbocycles. The molecule has 1 heterocycles. The highest BCUT2D eigenvalue weighted by Gasteiger charge is 2.19. The number of benzene rings is 3. The molecule has 5 nitrogen and oxygen atoms in total. The summed E-state index contributed by atoms with van der Waals surface area (Å²) in [6, 6.07) is 16.5. The minimum absolute atomic E-state index is 0.0881. The Hall–Kier alpha value is -2.71. The Kier molecular flexibility index (Phi) is 6.62. The van der Waals surface area contributed by atoms with E-state index in [0.717, 1.165) is 20.8 Å². The number of hydrogen-bond donors (Lipinski definition) is 2. The number of carbonyl (C=O) groups is 1. The van der Waals surface area contributed by atoms with Crippen molar-refractivity contribution in [3.05, 3.63) is 75.8 Å². The summed E-state index contributed by atoms with van der Waals surface area (Å²) in [5.41, 5.74) is 3.30. The van der Waals surface area contributed by atoms with Gasteiger partial charge in [-0.3, -0.25) is 10.1 Å². The van der Waals surface area contributed by atoms with Gasteiger partial charge in [0.2, 0.25) is 0 Å². The molecule has 0 aliphatic heterocycles. The molecule has 1 aromatic heterocycles. The second-order valence-electron chi connectivity index (χ2n) is 6.86. The van der Waals surface area contributed by atoms with Crippen LogP contribution in [0.4, 0.5) is 5.69 Å². The molecule has 4 rings (SSSR count). The van der Waals surface area contributed by atoms with E-state index in [1.807, 2.05) is 37.3 Å². The number of ether oxygens (including phenoxy) is 1. The minimum atomic E-state index is -0.394. The zero-order valence-corrected chi connectivity index (χ0v) is 20.2. The van der Waals surface area contributed by atoms with Crippen LogP contribution in [0.2, 0.25) is 10.0 Å². The van der Waals surface area contributed by atoms with Gasteiger partial charge in [0, 0.05) is 10.6 Å². The van der Waals surface area contributed by atoms with Gasteiger partial charge in [-0.25, -0.2) is 4.98 Å². The lowest BCUT2D eigenvalue weighted by Crippen LogP contribution is -2.34. The van der Waals surface area contributed by atoms with Crippen molar-refractivity contribution in [1.82, 2.24) is 10.3 Å². The highest BCUT2D eigenvalue weighted by Crippen LogP contribution is 2.40. The molecule has 3 aromatic carbocycles. The summed E-state index contributed by atoms with van der Waals surface area (Å²) >= 11 is 19.7. The van der Waals surface area contributed by atoms with E-state index in [2.05, 4.69) is 15.6 Å². The maximum Gasteiger partial charge on any atom is 0.261 e. The number of nitrogens with one attached hydrogen (secondary N) is 2. The highest BCUT2D eigenvalue weighted by molar-refractivity contribution is 7.80. The lowest BCUT2D eigenvalue weighted by Gasteiger charge is -2.16. The summed E-state index contributed by atoms with van der Waals surface area (Å²) in [6.07, 6.45) is 0. The van der Waals surface area contributed by atoms with Crippen LogP contribution >= 0.6 is 46.8 Å². The number of rotatable bonds is 4. The summed E-state index contributed by atoms with van der Waals surface area (Å²) in [5, 5.41) is 7.36. The fourth-order valence-corrected chi connectivity index (χ4v) is 5.00. The van der Waals surface area contributed by atoms with Crippen molar-refractivity contribution in [1.29, 1.82) is 0 Å². The van der Waals surface area contributed by atoms with Crippen molar-refractivity contribution in [2.45, 2.75) is 6.92 Å². The van der Waals surface area contributed by atoms with Crippen LogP contribution in [0.3, 0.4) is 0 Å². The summed E-state index contributed by atoms with van der Waals surface area (Å²) in [7, 11) is 1.52. The van der Waals surface area contributed by atoms with E-state index in [4.69, 9.17) is 40.2 Å². The van der Waals surface area contributed by atoms with Gasteiger partial charge in [-0.2, -0.15) is 0 Å². The second-order valence-corrected chi connectivity index (χ2v) is 9.14. The van der Waals surface area contributed by atoms with E-state index in [1.54, 1.807) is 24.3 Å². The lowest BCUT2D eigenvalue weighted by molar-refractivity contribution is 0.0974. The van der Waals surface area contributed by atoms with Crippen LogP contribution in [-0.2, 0) is 0 Å². The predicted molar refractivity (Wildman–Crippen MR) is 136 cm³/mol. The van der Waals surface area contributed by atoms with E-state index in [-0.39, 0.29) is 5.11 Å². The number of fused-ring (bicyclic) bond motifs is 1. The predicted octanol–water partition coefficient (Wildman–Crippen LogP) is 6.71. The van der Waals surface area contributed by atoms with Gasteiger partial charge in [-0.15, -0.1) is 11.3 Å². The number of halogens is 2. The molecule has 4 aromatic rings. The van der Waals surface area contributed by atoms with Crippen LogP contribution in [0.15, 0.2) is 54.6 Å². The Morgan fingerprint density at radius 1 is 1.12 bits per heavy atom. The first-order chi connectivity index (χ1) is 15.4.